The van der Waals surface area contributed by atoms with Crippen molar-refractivity contribution in [2.45, 2.75) is 32.7 Å². The molecule has 3 aromatic rings. The summed E-state index contributed by atoms with van der Waals surface area (Å²) in [5.41, 5.74) is 9.74. The number of carbonyl (C=O) groups excluding carboxylic acids is 1. The molecule has 0 unspecified atom stereocenters. The molecular weight excluding hydrogens is 413 g/mol. The van der Waals surface area contributed by atoms with E-state index in [4.69, 9.17) is 10.3 Å². The topological polar surface area (TPSA) is 113 Å². The zero-order valence-electron chi connectivity index (χ0n) is 18.1. The number of aromatic nitrogens is 1. The minimum Gasteiger partial charge on any atom is -0.508 e. The summed E-state index contributed by atoms with van der Waals surface area (Å²) in [6.45, 7) is 5.27. The van der Waals surface area contributed by atoms with Crippen molar-refractivity contribution in [1.29, 1.82) is 0 Å². The van der Waals surface area contributed by atoms with Gasteiger partial charge in [-0.25, -0.2) is 4.39 Å². The summed E-state index contributed by atoms with van der Waals surface area (Å²) in [5.74, 6) is -0.770. The van der Waals surface area contributed by atoms with E-state index < -0.39 is 5.91 Å². The lowest BCUT2D eigenvalue weighted by Gasteiger charge is -2.28. The van der Waals surface area contributed by atoms with Crippen LogP contribution >= 0.6 is 0 Å². The first-order valence-electron chi connectivity index (χ1n) is 10.6. The summed E-state index contributed by atoms with van der Waals surface area (Å²) in [6, 6.07) is 8.66. The molecule has 4 N–H and O–H groups in total. The minimum atomic E-state index is -0.746. The van der Waals surface area contributed by atoms with Gasteiger partial charge in [-0.3, -0.25) is 9.69 Å². The Bertz CT molecular complexity index is 1170. The minimum absolute atomic E-state index is 0.00709. The van der Waals surface area contributed by atoms with Crippen molar-refractivity contribution in [2.24, 2.45) is 5.73 Å². The fourth-order valence-electron chi connectivity index (χ4n) is 4.23. The molecule has 2 aromatic carbocycles. The van der Waals surface area contributed by atoms with E-state index in [2.05, 4.69) is 10.1 Å². The first kappa shape index (κ1) is 21.8. The number of hydrogen-bond acceptors (Lipinski definition) is 6. The third-order valence-electron chi connectivity index (χ3n) is 5.92. The number of phenols is 2. The van der Waals surface area contributed by atoms with Gasteiger partial charge in [-0.05, 0) is 40.7 Å². The van der Waals surface area contributed by atoms with E-state index in [-0.39, 0.29) is 35.5 Å². The lowest BCUT2D eigenvalue weighted by Crippen LogP contribution is -2.32. The predicted octanol–water partition coefficient (Wildman–Crippen LogP) is 3.97. The van der Waals surface area contributed by atoms with Crippen molar-refractivity contribution in [3.63, 3.8) is 0 Å². The number of amides is 1. The smallest absolute Gasteiger partial charge is 0.271 e. The van der Waals surface area contributed by atoms with Crippen LogP contribution in [0.15, 0.2) is 34.9 Å². The van der Waals surface area contributed by atoms with Crippen molar-refractivity contribution in [3.05, 3.63) is 52.7 Å². The number of carbonyl (C=O) groups is 1. The molecule has 1 aliphatic rings. The standard InChI is InChI=1S/C24H26FN3O4/c1-13(2)17-10-18(20(30)11-19(17)29)23-21(22(24(26)31)27-32-23)15-3-4-16-12-28(8-6-25)7-5-14(16)9-15/h3-4,9-11,13,29-30H,5-8,12H2,1-2H3,(H2,26,31). The number of nitrogens with two attached hydrogens (primary N) is 1. The van der Waals surface area contributed by atoms with Gasteiger partial charge in [0.05, 0.1) is 11.1 Å². The predicted molar refractivity (Wildman–Crippen MR) is 118 cm³/mol. The highest BCUT2D eigenvalue weighted by atomic mass is 19.1. The van der Waals surface area contributed by atoms with Crippen LogP contribution in [0.4, 0.5) is 4.39 Å². The maximum absolute atomic E-state index is 12.7. The van der Waals surface area contributed by atoms with E-state index in [1.165, 1.54) is 6.07 Å². The van der Waals surface area contributed by atoms with Crippen LogP contribution in [0, 0.1) is 0 Å². The quantitative estimate of drug-likeness (QED) is 0.536. The number of halogens is 1. The maximum Gasteiger partial charge on any atom is 0.271 e. The van der Waals surface area contributed by atoms with Gasteiger partial charge in [0.1, 0.15) is 18.2 Å². The maximum atomic E-state index is 12.7. The molecule has 1 amide bonds. The number of alkyl halides is 1. The summed E-state index contributed by atoms with van der Waals surface area (Å²) < 4.78 is 18.2. The van der Waals surface area contributed by atoms with Gasteiger partial charge in [0.2, 0.25) is 0 Å². The second-order valence-electron chi connectivity index (χ2n) is 8.38. The van der Waals surface area contributed by atoms with Crippen molar-refractivity contribution < 1.29 is 23.9 Å². The van der Waals surface area contributed by atoms with Crippen LogP contribution in [0.1, 0.15) is 46.9 Å². The third kappa shape index (κ3) is 3.93. The second-order valence-corrected chi connectivity index (χ2v) is 8.38. The zero-order chi connectivity index (χ0) is 23.0. The molecule has 7 nitrogen and oxygen atoms in total. The monoisotopic (exact) mass is 439 g/mol. The lowest BCUT2D eigenvalue weighted by molar-refractivity contribution is 0.0992. The molecule has 0 radical (unpaired) electrons. The lowest BCUT2D eigenvalue weighted by atomic mass is 9.91. The molecule has 8 heteroatoms. The zero-order valence-corrected chi connectivity index (χ0v) is 18.1. The van der Waals surface area contributed by atoms with Gasteiger partial charge in [0.25, 0.3) is 5.91 Å². The fraction of sp³-hybridized carbons (Fsp3) is 0.333. The molecule has 0 saturated carbocycles. The largest absolute Gasteiger partial charge is 0.508 e. The van der Waals surface area contributed by atoms with Crippen molar-refractivity contribution in [1.82, 2.24) is 10.1 Å². The number of phenolic OH excluding ortho intramolecular Hbond substituents is 2. The van der Waals surface area contributed by atoms with E-state index in [1.807, 2.05) is 32.0 Å². The van der Waals surface area contributed by atoms with E-state index in [0.717, 1.165) is 24.1 Å². The average molecular weight is 439 g/mol. The van der Waals surface area contributed by atoms with Gasteiger partial charge in [0.15, 0.2) is 11.5 Å². The Kier molecular flexibility index (Phi) is 5.88. The Hall–Kier alpha value is -3.39. The third-order valence-corrected chi connectivity index (χ3v) is 5.92. The number of aromatic hydroxyl groups is 2. The highest BCUT2D eigenvalue weighted by Crippen LogP contribution is 2.43. The first-order valence-corrected chi connectivity index (χ1v) is 10.6. The molecule has 1 aromatic heterocycles. The van der Waals surface area contributed by atoms with Gasteiger partial charge in [-0.2, -0.15) is 0 Å². The van der Waals surface area contributed by atoms with Crippen LogP contribution < -0.4 is 5.73 Å². The molecule has 168 valence electrons. The van der Waals surface area contributed by atoms with Gasteiger partial charge >= 0.3 is 0 Å². The van der Waals surface area contributed by atoms with E-state index in [0.29, 0.717) is 35.3 Å². The number of benzene rings is 2. The average Bonchev–Trinajstić information content (AvgIpc) is 3.18. The van der Waals surface area contributed by atoms with E-state index in [1.54, 1.807) is 6.07 Å². The van der Waals surface area contributed by atoms with Crippen LogP contribution in [0.3, 0.4) is 0 Å². The highest BCUT2D eigenvalue weighted by Gasteiger charge is 2.27. The Labute approximate surface area is 185 Å². The van der Waals surface area contributed by atoms with Crippen LogP contribution in [0.25, 0.3) is 22.5 Å². The molecular formula is C24H26FN3O4. The van der Waals surface area contributed by atoms with Crippen molar-refractivity contribution in [3.8, 4) is 33.9 Å². The van der Waals surface area contributed by atoms with Gasteiger partial charge in [-0.1, -0.05) is 37.2 Å². The Balaban J connectivity index is 1.84. The molecule has 32 heavy (non-hydrogen) atoms. The Morgan fingerprint density at radius 2 is 2.00 bits per heavy atom. The highest BCUT2D eigenvalue weighted by molar-refractivity contribution is 6.01. The number of rotatable bonds is 6. The van der Waals surface area contributed by atoms with Crippen molar-refractivity contribution in [2.75, 3.05) is 19.8 Å². The van der Waals surface area contributed by atoms with Crippen LogP contribution in [0.2, 0.25) is 0 Å². The molecule has 0 fully saturated rings. The fourth-order valence-corrected chi connectivity index (χ4v) is 4.23. The molecule has 0 spiro atoms. The van der Waals surface area contributed by atoms with E-state index in [9.17, 15) is 19.4 Å². The number of primary amides is 1. The van der Waals surface area contributed by atoms with Crippen LogP contribution in [0.5, 0.6) is 11.5 Å². The van der Waals surface area contributed by atoms with Crippen LogP contribution in [-0.2, 0) is 13.0 Å². The second kappa shape index (κ2) is 8.63. The molecule has 0 aliphatic carbocycles. The summed E-state index contributed by atoms with van der Waals surface area (Å²) in [7, 11) is 0. The summed E-state index contributed by atoms with van der Waals surface area (Å²) in [4.78, 5) is 14.2. The van der Waals surface area contributed by atoms with Crippen LogP contribution in [-0.4, -0.2) is 45.9 Å². The Morgan fingerprint density at radius 1 is 1.22 bits per heavy atom. The molecule has 1 aliphatic heterocycles. The normalized spacial score (nSPS) is 14.0. The first-order chi connectivity index (χ1) is 15.3. The number of fused-ring (bicyclic) bond motifs is 1. The number of hydrogen-bond donors (Lipinski definition) is 3. The van der Waals surface area contributed by atoms with Gasteiger partial charge in [0, 0.05) is 25.7 Å². The summed E-state index contributed by atoms with van der Waals surface area (Å²) >= 11 is 0. The molecule has 0 bridgehead atoms. The molecule has 0 saturated heterocycles. The Morgan fingerprint density at radius 3 is 2.69 bits per heavy atom. The summed E-state index contributed by atoms with van der Waals surface area (Å²) in [5, 5.41) is 24.6. The molecule has 0 atom stereocenters. The van der Waals surface area contributed by atoms with E-state index >= 15 is 0 Å². The molecule has 4 rings (SSSR count). The summed E-state index contributed by atoms with van der Waals surface area (Å²) in [6.07, 6.45) is 0.748. The van der Waals surface area contributed by atoms with Gasteiger partial charge in [-0.15, -0.1) is 0 Å². The number of nitrogens with zero attached hydrogens (tertiary/aromatic N) is 2. The van der Waals surface area contributed by atoms with Crippen molar-refractivity contribution >= 4 is 5.91 Å². The van der Waals surface area contributed by atoms with Gasteiger partial charge < -0.3 is 20.5 Å². The SMILES string of the molecule is CC(C)c1cc(-c2onc(C(N)=O)c2-c2ccc3c(c2)CCN(CCF)C3)c(O)cc1O. The molecule has 2 heterocycles.